The lowest BCUT2D eigenvalue weighted by Gasteiger charge is -2.25. The Balaban J connectivity index is 1.46. The molecule has 4 rings (SSSR count). The second-order valence-electron chi connectivity index (χ2n) is 7.73. The molecule has 0 bridgehead atoms. The van der Waals surface area contributed by atoms with Crippen molar-refractivity contribution >= 4 is 23.5 Å². The van der Waals surface area contributed by atoms with Gasteiger partial charge in [-0.15, -0.1) is 0 Å². The lowest BCUT2D eigenvalue weighted by Crippen LogP contribution is -2.22. The third kappa shape index (κ3) is 5.16. The van der Waals surface area contributed by atoms with E-state index in [1.165, 1.54) is 24.2 Å². The van der Waals surface area contributed by atoms with Crippen molar-refractivity contribution in [1.29, 1.82) is 5.26 Å². The van der Waals surface area contributed by atoms with Gasteiger partial charge in [0.15, 0.2) is 0 Å². The monoisotopic (exact) mass is 427 g/mol. The summed E-state index contributed by atoms with van der Waals surface area (Å²) in [5, 5.41) is 12.0. The first-order chi connectivity index (χ1) is 15.1. The lowest BCUT2D eigenvalue weighted by atomic mass is 9.95. The first-order valence-corrected chi connectivity index (χ1v) is 11.4. The third-order valence-electron chi connectivity index (χ3n) is 5.57. The Labute approximate surface area is 188 Å². The van der Waals surface area contributed by atoms with E-state index >= 15 is 0 Å². The van der Waals surface area contributed by atoms with Gasteiger partial charge in [-0.1, -0.05) is 30.7 Å². The highest BCUT2D eigenvalue weighted by molar-refractivity contribution is 7.97. The molecule has 0 saturated carbocycles. The lowest BCUT2D eigenvalue weighted by molar-refractivity contribution is 0.102. The van der Waals surface area contributed by atoms with Crippen LogP contribution in [0.25, 0.3) is 11.1 Å². The van der Waals surface area contributed by atoms with E-state index < -0.39 is 0 Å². The summed E-state index contributed by atoms with van der Waals surface area (Å²) in [6, 6.07) is 23.4. The van der Waals surface area contributed by atoms with Crippen molar-refractivity contribution in [3.63, 3.8) is 0 Å². The molecule has 4 nitrogen and oxygen atoms in total. The van der Waals surface area contributed by atoms with Crippen LogP contribution in [-0.2, 0) is 0 Å². The molecule has 5 heteroatoms. The smallest absolute Gasteiger partial charge is 0.255 e. The Bertz CT molecular complexity index is 1090. The summed E-state index contributed by atoms with van der Waals surface area (Å²) < 4.78 is 2.41. The normalized spacial score (nSPS) is 14.1. The second kappa shape index (κ2) is 9.82. The maximum Gasteiger partial charge on any atom is 0.255 e. The van der Waals surface area contributed by atoms with Crippen LogP contribution in [0, 0.1) is 18.3 Å². The summed E-state index contributed by atoms with van der Waals surface area (Å²) in [6.45, 7) is 4.23. The molecular formula is C26H25N3OS. The summed E-state index contributed by atoms with van der Waals surface area (Å²) in [7, 11) is 0. The molecule has 1 aliphatic rings. The largest absolute Gasteiger partial charge is 0.322 e. The van der Waals surface area contributed by atoms with Gasteiger partial charge in [-0.25, -0.2) is 4.31 Å². The van der Waals surface area contributed by atoms with E-state index in [0.29, 0.717) is 11.1 Å². The molecule has 156 valence electrons. The maximum absolute atomic E-state index is 13.0. The van der Waals surface area contributed by atoms with Gasteiger partial charge in [0, 0.05) is 29.2 Å². The molecule has 0 aromatic heterocycles. The Hall–Kier alpha value is -3.07. The Morgan fingerprint density at radius 1 is 0.968 bits per heavy atom. The fourth-order valence-electron chi connectivity index (χ4n) is 3.82. The van der Waals surface area contributed by atoms with Gasteiger partial charge in [0.1, 0.15) is 0 Å². The fourth-order valence-corrected chi connectivity index (χ4v) is 4.82. The highest BCUT2D eigenvalue weighted by atomic mass is 32.2. The number of rotatable bonds is 5. The molecule has 0 spiro atoms. The van der Waals surface area contributed by atoms with Crippen molar-refractivity contribution in [2.45, 2.75) is 31.1 Å². The summed E-state index contributed by atoms with van der Waals surface area (Å²) in [5.74, 6) is -0.121. The molecule has 1 aliphatic heterocycles. The zero-order valence-electron chi connectivity index (χ0n) is 17.6. The quantitative estimate of drug-likeness (QED) is 0.487. The highest BCUT2D eigenvalue weighted by Gasteiger charge is 2.14. The maximum atomic E-state index is 13.0. The average Bonchev–Trinajstić information content (AvgIpc) is 2.81. The molecule has 0 radical (unpaired) electrons. The van der Waals surface area contributed by atoms with Crippen LogP contribution in [0.3, 0.4) is 0 Å². The predicted octanol–water partition coefficient (Wildman–Crippen LogP) is 6.28. The van der Waals surface area contributed by atoms with Crippen molar-refractivity contribution in [3.8, 4) is 17.2 Å². The Morgan fingerprint density at radius 2 is 1.68 bits per heavy atom. The summed E-state index contributed by atoms with van der Waals surface area (Å²) in [4.78, 5) is 14.1. The van der Waals surface area contributed by atoms with E-state index in [-0.39, 0.29) is 5.91 Å². The van der Waals surface area contributed by atoms with Crippen LogP contribution in [0.5, 0.6) is 0 Å². The second-order valence-corrected chi connectivity index (χ2v) is 8.90. The zero-order chi connectivity index (χ0) is 21.6. The first kappa shape index (κ1) is 21.2. The molecule has 1 saturated heterocycles. The number of hydrogen-bond acceptors (Lipinski definition) is 4. The fraction of sp³-hybridized carbons (Fsp3) is 0.231. The van der Waals surface area contributed by atoms with Gasteiger partial charge in [-0.05, 0) is 90.9 Å². The van der Waals surface area contributed by atoms with Crippen LogP contribution >= 0.6 is 11.9 Å². The molecule has 1 fully saturated rings. The molecule has 0 aliphatic carbocycles. The van der Waals surface area contributed by atoms with E-state index in [4.69, 9.17) is 5.26 Å². The summed E-state index contributed by atoms with van der Waals surface area (Å²) in [5.41, 5.74) is 4.96. The van der Waals surface area contributed by atoms with Crippen LogP contribution < -0.4 is 5.32 Å². The zero-order valence-corrected chi connectivity index (χ0v) is 18.4. The molecule has 1 heterocycles. The molecule has 0 atom stereocenters. The van der Waals surface area contributed by atoms with Crippen LogP contribution in [0.1, 0.15) is 40.7 Å². The molecule has 31 heavy (non-hydrogen) atoms. The number of anilines is 1. The summed E-state index contributed by atoms with van der Waals surface area (Å²) >= 11 is 1.79. The Kier molecular flexibility index (Phi) is 6.71. The van der Waals surface area contributed by atoms with Gasteiger partial charge in [-0.2, -0.15) is 5.26 Å². The number of nitriles is 1. The summed E-state index contributed by atoms with van der Waals surface area (Å²) in [6.07, 6.45) is 3.86. The van der Waals surface area contributed by atoms with Crippen LogP contribution in [0.2, 0.25) is 0 Å². The van der Waals surface area contributed by atoms with Gasteiger partial charge in [0.2, 0.25) is 0 Å². The van der Waals surface area contributed by atoms with Gasteiger partial charge in [0.05, 0.1) is 11.6 Å². The highest BCUT2D eigenvalue weighted by Crippen LogP contribution is 2.29. The van der Waals surface area contributed by atoms with Crippen molar-refractivity contribution < 1.29 is 4.79 Å². The number of nitrogens with zero attached hydrogens (tertiary/aromatic N) is 2. The van der Waals surface area contributed by atoms with E-state index in [9.17, 15) is 4.79 Å². The molecule has 1 amide bonds. The van der Waals surface area contributed by atoms with E-state index in [1.54, 1.807) is 24.1 Å². The molecular weight excluding hydrogens is 402 g/mol. The van der Waals surface area contributed by atoms with Gasteiger partial charge in [0.25, 0.3) is 5.91 Å². The van der Waals surface area contributed by atoms with E-state index in [1.807, 2.05) is 49.4 Å². The van der Waals surface area contributed by atoms with Crippen molar-refractivity contribution in [1.82, 2.24) is 4.31 Å². The van der Waals surface area contributed by atoms with Crippen LogP contribution in [0.15, 0.2) is 71.6 Å². The number of piperidine rings is 1. The standard InChI is InChI=1S/C26H25N3OS/c1-19-24(21-10-8-20(18-27)9-11-21)6-5-7-25(19)26(30)28-22-12-14-23(15-13-22)31-29-16-3-2-4-17-29/h5-15H,2-4,16-17H2,1H3,(H,28,30). The minimum absolute atomic E-state index is 0.121. The van der Waals surface area contributed by atoms with Gasteiger partial charge >= 0.3 is 0 Å². The van der Waals surface area contributed by atoms with Crippen molar-refractivity contribution in [2.24, 2.45) is 0 Å². The number of amides is 1. The van der Waals surface area contributed by atoms with Crippen LogP contribution in [-0.4, -0.2) is 23.3 Å². The first-order valence-electron chi connectivity index (χ1n) is 10.6. The van der Waals surface area contributed by atoms with Gasteiger partial charge in [-0.3, -0.25) is 4.79 Å². The minimum Gasteiger partial charge on any atom is -0.322 e. The average molecular weight is 428 g/mol. The topological polar surface area (TPSA) is 56.1 Å². The van der Waals surface area contributed by atoms with Crippen LogP contribution in [0.4, 0.5) is 5.69 Å². The third-order valence-corrected chi connectivity index (χ3v) is 6.67. The van der Waals surface area contributed by atoms with Crippen molar-refractivity contribution in [2.75, 3.05) is 18.4 Å². The number of nitrogens with one attached hydrogen (secondary N) is 1. The minimum atomic E-state index is -0.121. The van der Waals surface area contributed by atoms with E-state index in [0.717, 1.165) is 35.5 Å². The molecule has 3 aromatic rings. The number of carbonyl (C=O) groups excluding carboxylic acids is 1. The number of carbonyl (C=O) groups is 1. The number of benzene rings is 3. The SMILES string of the molecule is Cc1c(C(=O)Nc2ccc(SN3CCCCC3)cc2)cccc1-c1ccc(C#N)cc1. The van der Waals surface area contributed by atoms with Gasteiger partial charge < -0.3 is 5.32 Å². The molecule has 3 aromatic carbocycles. The predicted molar refractivity (Wildman–Crippen MR) is 127 cm³/mol. The molecule has 1 N–H and O–H groups in total. The molecule has 0 unspecified atom stereocenters. The number of hydrogen-bond donors (Lipinski definition) is 1. The van der Waals surface area contributed by atoms with Crippen molar-refractivity contribution in [3.05, 3.63) is 83.4 Å². The Morgan fingerprint density at radius 3 is 2.35 bits per heavy atom. The van der Waals surface area contributed by atoms with E-state index in [2.05, 4.69) is 27.8 Å².